The summed E-state index contributed by atoms with van der Waals surface area (Å²) in [7, 11) is 0. The van der Waals surface area contributed by atoms with Crippen molar-refractivity contribution in [2.45, 2.75) is 20.1 Å². The average Bonchev–Trinajstić information content (AvgIpc) is 2.48. The first kappa shape index (κ1) is 14.8. The van der Waals surface area contributed by atoms with Crippen LogP contribution in [-0.4, -0.2) is 17.0 Å². The fourth-order valence-electron chi connectivity index (χ4n) is 1.85. The minimum atomic E-state index is -0.151. The molecule has 0 saturated carbocycles. The van der Waals surface area contributed by atoms with Crippen molar-refractivity contribution in [2.24, 2.45) is 0 Å². The summed E-state index contributed by atoms with van der Waals surface area (Å²) in [6.45, 7) is 2.92. The van der Waals surface area contributed by atoms with Crippen LogP contribution in [-0.2, 0) is 17.9 Å². The first-order valence-corrected chi connectivity index (χ1v) is 6.76. The summed E-state index contributed by atoms with van der Waals surface area (Å²) < 4.78 is 7.39. The Labute approximate surface area is 123 Å². The second-order valence-electron chi connectivity index (χ2n) is 4.67. The van der Waals surface area contributed by atoms with Gasteiger partial charge in [0.05, 0.1) is 6.20 Å². The van der Waals surface area contributed by atoms with Crippen molar-refractivity contribution in [1.29, 1.82) is 0 Å². The zero-order chi connectivity index (χ0) is 15.1. The van der Waals surface area contributed by atoms with Crippen LogP contribution in [0.2, 0.25) is 0 Å². The largest absolute Gasteiger partial charge is 0.483 e. The van der Waals surface area contributed by atoms with Crippen LogP contribution in [0.4, 0.5) is 0 Å². The van der Waals surface area contributed by atoms with Gasteiger partial charge in [0, 0.05) is 32.3 Å². The van der Waals surface area contributed by atoms with Gasteiger partial charge >= 0.3 is 0 Å². The predicted octanol–water partition coefficient (Wildman–Crippen LogP) is 1.56. The van der Waals surface area contributed by atoms with Gasteiger partial charge in [0.25, 0.3) is 0 Å². The number of hydrogen-bond donors (Lipinski definition) is 1. The maximum absolute atomic E-state index is 11.8. The molecule has 0 unspecified atom stereocenters. The van der Waals surface area contributed by atoms with Crippen LogP contribution in [0.3, 0.4) is 0 Å². The number of aromatic nitrogens is 1. The minimum Gasteiger partial charge on any atom is -0.483 e. The highest BCUT2D eigenvalue weighted by Crippen LogP contribution is 2.07. The second-order valence-corrected chi connectivity index (χ2v) is 4.67. The monoisotopic (exact) mass is 286 g/mol. The van der Waals surface area contributed by atoms with E-state index in [1.54, 1.807) is 12.4 Å². The van der Waals surface area contributed by atoms with Crippen molar-refractivity contribution in [3.05, 3.63) is 64.6 Å². The number of carbonyl (C=O) groups is 1. The maximum Gasteiger partial charge on any atom is 0.223 e. The molecule has 0 aliphatic carbocycles. The van der Waals surface area contributed by atoms with Crippen molar-refractivity contribution < 1.29 is 9.53 Å². The number of rotatable bonds is 6. The molecule has 2 rings (SSSR count). The van der Waals surface area contributed by atoms with Gasteiger partial charge in [0.15, 0.2) is 5.75 Å². The summed E-state index contributed by atoms with van der Waals surface area (Å²) in [6.07, 6.45) is 3.34. The number of amides is 1. The van der Waals surface area contributed by atoms with Gasteiger partial charge in [-0.25, -0.2) is 0 Å². The summed E-state index contributed by atoms with van der Waals surface area (Å²) in [5.74, 6) is 0.237. The first-order chi connectivity index (χ1) is 10.1. The summed E-state index contributed by atoms with van der Waals surface area (Å²) in [6, 6.07) is 11.1. The number of hydrogen-bond acceptors (Lipinski definition) is 3. The van der Waals surface area contributed by atoms with E-state index in [9.17, 15) is 9.59 Å². The lowest BCUT2D eigenvalue weighted by Gasteiger charge is -2.10. The third-order valence-corrected chi connectivity index (χ3v) is 2.92. The molecule has 1 N–H and O–H groups in total. The van der Waals surface area contributed by atoms with E-state index in [1.165, 1.54) is 13.0 Å². The van der Waals surface area contributed by atoms with E-state index >= 15 is 0 Å². The molecule has 5 heteroatoms. The van der Waals surface area contributed by atoms with E-state index < -0.39 is 0 Å². The predicted molar refractivity (Wildman–Crippen MR) is 80.2 cm³/mol. The summed E-state index contributed by atoms with van der Waals surface area (Å²) in [5, 5.41) is 2.71. The number of pyridine rings is 1. The fourth-order valence-corrected chi connectivity index (χ4v) is 1.85. The van der Waals surface area contributed by atoms with Gasteiger partial charge < -0.3 is 14.6 Å². The Morgan fingerprint density at radius 1 is 1.24 bits per heavy atom. The lowest BCUT2D eigenvalue weighted by molar-refractivity contribution is -0.118. The van der Waals surface area contributed by atoms with E-state index in [1.807, 2.05) is 34.9 Å². The topological polar surface area (TPSA) is 60.3 Å². The summed E-state index contributed by atoms with van der Waals surface area (Å²) >= 11 is 0. The molecule has 110 valence electrons. The highest BCUT2D eigenvalue weighted by atomic mass is 16.5. The van der Waals surface area contributed by atoms with E-state index in [2.05, 4.69) is 5.32 Å². The van der Waals surface area contributed by atoms with Crippen LogP contribution in [0.25, 0.3) is 0 Å². The maximum atomic E-state index is 11.8. The van der Waals surface area contributed by atoms with Crippen LogP contribution in [0, 0.1) is 0 Å². The third kappa shape index (κ3) is 4.80. The standard InChI is InChI=1S/C16H18N2O3/c1-13(19)17-8-10-18-9-7-15(20)16(11-18)21-12-14-5-3-2-4-6-14/h2-7,9,11H,8,10,12H2,1H3,(H,17,19). The van der Waals surface area contributed by atoms with E-state index in [-0.39, 0.29) is 11.3 Å². The molecule has 5 nitrogen and oxygen atoms in total. The zero-order valence-corrected chi connectivity index (χ0v) is 11.9. The molecule has 1 aromatic carbocycles. The van der Waals surface area contributed by atoms with Crippen molar-refractivity contribution in [1.82, 2.24) is 9.88 Å². The van der Waals surface area contributed by atoms with Crippen LogP contribution in [0.15, 0.2) is 53.6 Å². The minimum absolute atomic E-state index is 0.0726. The van der Waals surface area contributed by atoms with Gasteiger partial charge in [-0.2, -0.15) is 0 Å². The molecule has 0 aliphatic heterocycles. The molecule has 1 aromatic heterocycles. The Kier molecular flexibility index (Phi) is 5.15. The molecule has 0 spiro atoms. The smallest absolute Gasteiger partial charge is 0.223 e. The van der Waals surface area contributed by atoms with Gasteiger partial charge in [-0.15, -0.1) is 0 Å². The van der Waals surface area contributed by atoms with Gasteiger partial charge in [-0.3, -0.25) is 9.59 Å². The SMILES string of the molecule is CC(=O)NCCn1ccc(=O)c(OCc2ccccc2)c1. The summed E-state index contributed by atoms with van der Waals surface area (Å²) in [5.41, 5.74) is 0.854. The fraction of sp³-hybridized carbons (Fsp3) is 0.250. The van der Waals surface area contributed by atoms with Crippen LogP contribution >= 0.6 is 0 Å². The summed E-state index contributed by atoms with van der Waals surface area (Å²) in [4.78, 5) is 22.6. The van der Waals surface area contributed by atoms with Gasteiger partial charge in [-0.05, 0) is 5.56 Å². The molecule has 0 radical (unpaired) electrons. The van der Waals surface area contributed by atoms with Crippen molar-refractivity contribution in [2.75, 3.05) is 6.54 Å². The first-order valence-electron chi connectivity index (χ1n) is 6.76. The number of ether oxygens (including phenoxy) is 1. The Hall–Kier alpha value is -2.56. The lowest BCUT2D eigenvalue weighted by Crippen LogP contribution is -2.24. The lowest BCUT2D eigenvalue weighted by atomic mass is 10.2. The van der Waals surface area contributed by atoms with Crippen molar-refractivity contribution in [3.63, 3.8) is 0 Å². The Bertz CT molecular complexity index is 650. The Balaban J connectivity index is 1.98. The molecule has 0 fully saturated rings. The highest BCUT2D eigenvalue weighted by Gasteiger charge is 2.02. The van der Waals surface area contributed by atoms with Gasteiger partial charge in [0.2, 0.25) is 11.3 Å². The normalized spacial score (nSPS) is 10.1. The van der Waals surface area contributed by atoms with Crippen molar-refractivity contribution in [3.8, 4) is 5.75 Å². The van der Waals surface area contributed by atoms with Gasteiger partial charge in [-0.1, -0.05) is 30.3 Å². The molecular formula is C16H18N2O3. The second kappa shape index (κ2) is 7.28. The van der Waals surface area contributed by atoms with Crippen LogP contribution in [0.5, 0.6) is 5.75 Å². The highest BCUT2D eigenvalue weighted by molar-refractivity contribution is 5.72. The number of benzene rings is 1. The molecule has 0 bridgehead atoms. The molecule has 21 heavy (non-hydrogen) atoms. The molecule has 0 aliphatic rings. The molecule has 0 atom stereocenters. The molecule has 2 aromatic rings. The van der Waals surface area contributed by atoms with Crippen LogP contribution in [0.1, 0.15) is 12.5 Å². The molecule has 1 amide bonds. The average molecular weight is 286 g/mol. The Morgan fingerprint density at radius 2 is 2.00 bits per heavy atom. The number of nitrogens with zero attached hydrogens (tertiary/aromatic N) is 1. The van der Waals surface area contributed by atoms with E-state index in [0.717, 1.165) is 5.56 Å². The zero-order valence-electron chi connectivity index (χ0n) is 11.9. The molecule has 1 heterocycles. The molecule has 0 saturated heterocycles. The van der Waals surface area contributed by atoms with Crippen molar-refractivity contribution >= 4 is 5.91 Å². The van der Waals surface area contributed by atoms with E-state index in [0.29, 0.717) is 25.4 Å². The number of nitrogens with one attached hydrogen (secondary N) is 1. The Morgan fingerprint density at radius 3 is 2.71 bits per heavy atom. The quantitative estimate of drug-likeness (QED) is 0.876. The molecular weight excluding hydrogens is 268 g/mol. The third-order valence-electron chi connectivity index (χ3n) is 2.92. The van der Waals surface area contributed by atoms with E-state index in [4.69, 9.17) is 4.74 Å². The number of carbonyl (C=O) groups excluding carboxylic acids is 1. The van der Waals surface area contributed by atoms with Crippen LogP contribution < -0.4 is 15.5 Å². The van der Waals surface area contributed by atoms with Gasteiger partial charge in [0.1, 0.15) is 6.61 Å².